The van der Waals surface area contributed by atoms with Gasteiger partial charge in [-0.3, -0.25) is 0 Å². The summed E-state index contributed by atoms with van der Waals surface area (Å²) in [5.41, 5.74) is 6.18. The van der Waals surface area contributed by atoms with Crippen molar-refractivity contribution in [1.29, 1.82) is 0 Å². The van der Waals surface area contributed by atoms with E-state index in [-0.39, 0.29) is 51.3 Å². The number of hydrogen-bond acceptors (Lipinski definition) is 1. The van der Waals surface area contributed by atoms with E-state index in [0.717, 1.165) is 27.6 Å². The Labute approximate surface area is 272 Å². The summed E-state index contributed by atoms with van der Waals surface area (Å²) in [6, 6.07) is 35.2. The molecule has 0 aliphatic carbocycles. The summed E-state index contributed by atoms with van der Waals surface area (Å²) in [7, 11) is 0. The van der Waals surface area contributed by atoms with Gasteiger partial charge < -0.3 is 4.42 Å². The molecule has 1 aromatic heterocycles. The van der Waals surface area contributed by atoms with Gasteiger partial charge in [-0.05, 0) is 72.6 Å². The van der Waals surface area contributed by atoms with Gasteiger partial charge >= 0.3 is 0 Å². The molecule has 8 aromatic carbocycles. The number of rotatable bonds is 4. The molecular weight excluding hydrogens is 544 g/mol. The summed E-state index contributed by atoms with van der Waals surface area (Å²) < 4.78 is 80.0. The summed E-state index contributed by atoms with van der Waals surface area (Å²) in [5.74, 6) is 0. The highest BCUT2D eigenvalue weighted by Crippen LogP contribution is 2.49. The monoisotopic (exact) mass is 580 g/mol. The smallest absolute Gasteiger partial charge is 0.143 e. The van der Waals surface area contributed by atoms with Gasteiger partial charge in [0.25, 0.3) is 0 Å². The highest BCUT2D eigenvalue weighted by atomic mass is 16.3. The highest BCUT2D eigenvalue weighted by molar-refractivity contribution is 6.27. The van der Waals surface area contributed by atoms with E-state index in [1.165, 1.54) is 0 Å². The fraction of sp³-hybridized carbons (Fsp3) is 0. The van der Waals surface area contributed by atoms with E-state index in [9.17, 15) is 5.48 Å². The zero-order valence-electron chi connectivity index (χ0n) is 32.0. The lowest BCUT2D eigenvalue weighted by atomic mass is 9.83. The largest absolute Gasteiger partial charge is 0.455 e. The molecule has 1 heterocycles. The van der Waals surface area contributed by atoms with Gasteiger partial charge in [0, 0.05) is 16.3 Å². The Bertz CT molecular complexity index is 2890. The van der Waals surface area contributed by atoms with Crippen molar-refractivity contribution in [3.63, 3.8) is 0 Å². The van der Waals surface area contributed by atoms with E-state index in [1.54, 1.807) is 0 Å². The van der Waals surface area contributed by atoms with E-state index >= 15 is 0 Å². The van der Waals surface area contributed by atoms with Crippen LogP contribution in [0.4, 0.5) is 0 Å². The van der Waals surface area contributed by atoms with Crippen LogP contribution in [0.2, 0.25) is 0 Å². The minimum Gasteiger partial charge on any atom is -0.455 e. The van der Waals surface area contributed by atoms with Crippen LogP contribution in [-0.2, 0) is 0 Å². The number of para-hydroxylation sites is 1. The molecule has 9 rings (SSSR count). The fourth-order valence-electron chi connectivity index (χ4n) is 6.62. The summed E-state index contributed by atoms with van der Waals surface area (Å²) in [6.07, 6.45) is 0. The molecule has 0 unspecified atom stereocenters. The first kappa shape index (κ1) is 18.7. The van der Waals surface area contributed by atoms with Crippen LogP contribution in [0.3, 0.4) is 0 Å². The second-order valence-electron chi connectivity index (χ2n) is 11.0. The zero-order chi connectivity index (χ0) is 36.7. The molecular formula is C44H28O. The molecule has 1 heteroatoms. The molecule has 0 spiro atoms. The van der Waals surface area contributed by atoms with Crippen LogP contribution in [0.1, 0.15) is 11.0 Å². The van der Waals surface area contributed by atoms with Crippen LogP contribution < -0.4 is 0 Å². The maximum Gasteiger partial charge on any atom is 0.143 e. The van der Waals surface area contributed by atoms with E-state index in [0.29, 0.717) is 33.2 Å². The third-order valence-electron chi connectivity index (χ3n) is 8.54. The Hall–Kier alpha value is -5.92. The lowest BCUT2D eigenvalue weighted by molar-refractivity contribution is 0.670. The van der Waals surface area contributed by atoms with Crippen molar-refractivity contribution in [3.8, 4) is 44.5 Å². The number of furan rings is 1. The van der Waals surface area contributed by atoms with Crippen LogP contribution in [0.5, 0.6) is 0 Å². The molecule has 45 heavy (non-hydrogen) atoms. The van der Waals surface area contributed by atoms with Gasteiger partial charge in [0.15, 0.2) is 0 Å². The average molecular weight is 581 g/mol. The first-order valence-electron chi connectivity index (χ1n) is 18.8. The second kappa shape index (κ2) is 10.4. The van der Waals surface area contributed by atoms with Gasteiger partial charge in [-0.15, -0.1) is 0 Å². The maximum atomic E-state index is 9.49. The highest BCUT2D eigenvalue weighted by Gasteiger charge is 2.22. The van der Waals surface area contributed by atoms with Crippen molar-refractivity contribution in [2.24, 2.45) is 0 Å². The van der Waals surface area contributed by atoms with Crippen molar-refractivity contribution in [2.45, 2.75) is 0 Å². The molecule has 210 valence electrons. The van der Waals surface area contributed by atoms with Gasteiger partial charge in [-0.1, -0.05) is 158 Å². The lowest BCUT2D eigenvalue weighted by Crippen LogP contribution is -1.93. The van der Waals surface area contributed by atoms with Gasteiger partial charge in [-0.2, -0.15) is 0 Å². The normalized spacial score (nSPS) is 14.0. The van der Waals surface area contributed by atoms with Crippen molar-refractivity contribution in [2.75, 3.05) is 0 Å². The first-order chi connectivity index (χ1) is 25.7. The SMILES string of the molecule is [2H]c1c([2H])c([2H])c2c(-c3ccc(-c4ccccc4)c4oc5ccccc5c34)c3c([2H])c([2H])c([2H])c([2H])c3c(-c3ccccc3-c3ccccc3)c2c1[2H]. The molecule has 0 fully saturated rings. The van der Waals surface area contributed by atoms with Crippen LogP contribution >= 0.6 is 0 Å². The van der Waals surface area contributed by atoms with Crippen molar-refractivity contribution >= 4 is 43.5 Å². The Morgan fingerprint density at radius 2 is 0.844 bits per heavy atom. The van der Waals surface area contributed by atoms with Gasteiger partial charge in [0.1, 0.15) is 11.2 Å². The Kier molecular flexibility index (Phi) is 4.30. The Balaban J connectivity index is 1.58. The molecule has 0 aliphatic rings. The second-order valence-corrected chi connectivity index (χ2v) is 11.0. The molecule has 0 atom stereocenters. The first-order valence-corrected chi connectivity index (χ1v) is 14.8. The van der Waals surface area contributed by atoms with E-state index in [1.807, 2.05) is 121 Å². The predicted octanol–water partition coefficient (Wildman–Crippen LogP) is 12.6. The van der Waals surface area contributed by atoms with Gasteiger partial charge in [0.2, 0.25) is 0 Å². The zero-order valence-corrected chi connectivity index (χ0v) is 24.0. The fourth-order valence-corrected chi connectivity index (χ4v) is 6.62. The molecule has 1 nitrogen and oxygen atoms in total. The van der Waals surface area contributed by atoms with Gasteiger partial charge in [-0.25, -0.2) is 0 Å². The van der Waals surface area contributed by atoms with Crippen LogP contribution in [0.25, 0.3) is 88.0 Å². The lowest BCUT2D eigenvalue weighted by Gasteiger charge is -2.20. The molecule has 0 aliphatic heterocycles. The molecule has 0 saturated heterocycles. The van der Waals surface area contributed by atoms with Gasteiger partial charge in [0.05, 0.1) is 11.0 Å². The van der Waals surface area contributed by atoms with E-state index in [4.69, 9.17) is 9.90 Å². The van der Waals surface area contributed by atoms with Crippen LogP contribution in [-0.4, -0.2) is 0 Å². The molecule has 0 radical (unpaired) electrons. The summed E-state index contributed by atoms with van der Waals surface area (Å²) in [6.45, 7) is 0. The Morgan fingerprint density at radius 1 is 0.378 bits per heavy atom. The third-order valence-corrected chi connectivity index (χ3v) is 8.54. The van der Waals surface area contributed by atoms with Crippen molar-refractivity contribution < 1.29 is 15.4 Å². The third kappa shape index (κ3) is 4.02. The topological polar surface area (TPSA) is 13.1 Å². The molecule has 0 amide bonds. The summed E-state index contributed by atoms with van der Waals surface area (Å²) in [4.78, 5) is 0. The molecule has 0 saturated carbocycles. The van der Waals surface area contributed by atoms with E-state index in [2.05, 4.69) is 0 Å². The van der Waals surface area contributed by atoms with Crippen molar-refractivity contribution in [1.82, 2.24) is 0 Å². The predicted molar refractivity (Wildman–Crippen MR) is 190 cm³/mol. The summed E-state index contributed by atoms with van der Waals surface area (Å²) in [5, 5.41) is 2.08. The van der Waals surface area contributed by atoms with E-state index < -0.39 is 24.2 Å². The van der Waals surface area contributed by atoms with Crippen molar-refractivity contribution in [3.05, 3.63) is 170 Å². The molecule has 0 N–H and O–H groups in total. The number of hydrogen-bond donors (Lipinski definition) is 0. The molecule has 9 aromatic rings. The minimum atomic E-state index is -0.444. The van der Waals surface area contributed by atoms with Crippen LogP contribution in [0, 0.1) is 0 Å². The number of benzene rings is 8. The van der Waals surface area contributed by atoms with Crippen LogP contribution in [0.15, 0.2) is 174 Å². The number of fused-ring (bicyclic) bond motifs is 5. The Morgan fingerprint density at radius 3 is 1.47 bits per heavy atom. The maximum absolute atomic E-state index is 9.49. The summed E-state index contributed by atoms with van der Waals surface area (Å²) >= 11 is 0. The standard InChI is InChI=1S/C44H28O/c1-3-15-29(16-4-1)31-19-7-8-20-33(31)41-34-21-9-11-23-36(34)42(37-24-12-10-22-35(37)41)39-28-27-32(30-17-5-2-6-18-30)44-43(39)38-25-13-14-26-40(38)45-44/h1-28H/i9D,10D,11D,12D,21D,22D,23D,24D. The minimum absolute atomic E-state index is 0.158. The average Bonchev–Trinajstić information content (AvgIpc) is 3.60. The molecule has 0 bridgehead atoms. The quantitative estimate of drug-likeness (QED) is 0.189.